The third-order valence-corrected chi connectivity index (χ3v) is 3.83. The number of hydrogen-bond acceptors (Lipinski definition) is 2. The average molecular weight is 281 g/mol. The Morgan fingerprint density at radius 1 is 1.19 bits per heavy atom. The van der Waals surface area contributed by atoms with E-state index < -0.39 is 0 Å². The van der Waals surface area contributed by atoms with Crippen LogP contribution in [-0.2, 0) is 13.0 Å². The lowest BCUT2D eigenvalue weighted by atomic mass is 9.88. The van der Waals surface area contributed by atoms with Crippen molar-refractivity contribution in [2.24, 2.45) is 0 Å². The molecule has 1 aromatic carbocycles. The molecule has 0 spiro atoms. The Morgan fingerprint density at radius 2 is 2.05 bits per heavy atom. The van der Waals surface area contributed by atoms with Crippen molar-refractivity contribution in [1.82, 2.24) is 15.6 Å². The lowest BCUT2D eigenvalue weighted by Crippen LogP contribution is -2.38. The van der Waals surface area contributed by atoms with Crippen LogP contribution in [0.4, 0.5) is 4.79 Å². The number of fused-ring (bicyclic) bond motifs is 1. The predicted octanol–water partition coefficient (Wildman–Crippen LogP) is 2.96. The minimum Gasteiger partial charge on any atom is -0.332 e. The van der Waals surface area contributed by atoms with E-state index in [1.807, 2.05) is 24.3 Å². The van der Waals surface area contributed by atoms with E-state index in [0.717, 1.165) is 25.0 Å². The van der Waals surface area contributed by atoms with Gasteiger partial charge in [-0.15, -0.1) is 0 Å². The summed E-state index contributed by atoms with van der Waals surface area (Å²) in [6, 6.07) is 14.0. The molecule has 21 heavy (non-hydrogen) atoms. The Hall–Kier alpha value is -2.36. The van der Waals surface area contributed by atoms with Gasteiger partial charge in [-0.05, 0) is 42.5 Å². The number of rotatable bonds is 3. The van der Waals surface area contributed by atoms with Gasteiger partial charge in [-0.2, -0.15) is 0 Å². The number of nitrogens with zero attached hydrogens (tertiary/aromatic N) is 1. The number of pyridine rings is 1. The Balaban J connectivity index is 1.58. The Bertz CT molecular complexity index is 612. The number of benzene rings is 1. The van der Waals surface area contributed by atoms with Crippen molar-refractivity contribution in [3.8, 4) is 0 Å². The Morgan fingerprint density at radius 3 is 2.90 bits per heavy atom. The van der Waals surface area contributed by atoms with Gasteiger partial charge in [0.2, 0.25) is 0 Å². The summed E-state index contributed by atoms with van der Waals surface area (Å²) in [5, 5.41) is 5.93. The lowest BCUT2D eigenvalue weighted by molar-refractivity contribution is 0.235. The molecule has 108 valence electrons. The van der Waals surface area contributed by atoms with Gasteiger partial charge in [-0.1, -0.05) is 30.3 Å². The number of nitrogens with one attached hydrogen (secondary N) is 2. The molecular weight excluding hydrogens is 262 g/mol. The fourth-order valence-corrected chi connectivity index (χ4v) is 2.79. The van der Waals surface area contributed by atoms with Crippen LogP contribution in [0.5, 0.6) is 0 Å². The molecule has 1 heterocycles. The molecule has 3 rings (SSSR count). The molecule has 2 amide bonds. The SMILES string of the molecule is O=C(NCc1ccccn1)NC1CCCc2ccccc21. The molecule has 1 aromatic heterocycles. The third-order valence-electron chi connectivity index (χ3n) is 3.83. The molecule has 2 aromatic rings. The second-order valence-electron chi connectivity index (χ2n) is 5.29. The highest BCUT2D eigenvalue weighted by Crippen LogP contribution is 2.29. The highest BCUT2D eigenvalue weighted by molar-refractivity contribution is 5.74. The van der Waals surface area contributed by atoms with Crippen LogP contribution in [0.3, 0.4) is 0 Å². The highest BCUT2D eigenvalue weighted by Gasteiger charge is 2.21. The van der Waals surface area contributed by atoms with E-state index in [2.05, 4.69) is 33.8 Å². The van der Waals surface area contributed by atoms with Crippen LogP contribution in [0.1, 0.15) is 35.7 Å². The first-order valence-electron chi connectivity index (χ1n) is 7.35. The number of hydrogen-bond donors (Lipinski definition) is 2. The molecule has 1 aliphatic rings. The van der Waals surface area contributed by atoms with Crippen molar-refractivity contribution in [1.29, 1.82) is 0 Å². The predicted molar refractivity (Wildman–Crippen MR) is 81.7 cm³/mol. The quantitative estimate of drug-likeness (QED) is 0.908. The normalized spacial score (nSPS) is 16.9. The zero-order valence-corrected chi connectivity index (χ0v) is 11.9. The maximum absolute atomic E-state index is 12.0. The van der Waals surface area contributed by atoms with E-state index >= 15 is 0 Å². The molecule has 0 saturated carbocycles. The van der Waals surface area contributed by atoms with Gasteiger partial charge < -0.3 is 10.6 Å². The number of amides is 2. The van der Waals surface area contributed by atoms with Gasteiger partial charge in [0.1, 0.15) is 0 Å². The molecule has 1 aliphatic carbocycles. The largest absolute Gasteiger partial charge is 0.332 e. The van der Waals surface area contributed by atoms with Gasteiger partial charge in [0.05, 0.1) is 18.3 Å². The van der Waals surface area contributed by atoms with E-state index in [-0.39, 0.29) is 12.1 Å². The summed E-state index contributed by atoms with van der Waals surface area (Å²) in [6.45, 7) is 0.445. The lowest BCUT2D eigenvalue weighted by Gasteiger charge is -2.26. The second kappa shape index (κ2) is 6.39. The van der Waals surface area contributed by atoms with E-state index in [0.29, 0.717) is 6.54 Å². The van der Waals surface area contributed by atoms with Crippen LogP contribution in [0.25, 0.3) is 0 Å². The number of carbonyl (C=O) groups excluding carboxylic acids is 1. The molecule has 4 heteroatoms. The molecule has 4 nitrogen and oxygen atoms in total. The molecule has 0 aliphatic heterocycles. The topological polar surface area (TPSA) is 54.0 Å². The van der Waals surface area contributed by atoms with Crippen molar-refractivity contribution >= 4 is 6.03 Å². The summed E-state index contributed by atoms with van der Waals surface area (Å²) in [6.07, 6.45) is 4.94. The summed E-state index contributed by atoms with van der Waals surface area (Å²) >= 11 is 0. The number of aryl methyl sites for hydroxylation is 1. The van der Waals surface area contributed by atoms with Gasteiger partial charge in [0.15, 0.2) is 0 Å². The number of urea groups is 1. The van der Waals surface area contributed by atoms with Gasteiger partial charge in [0, 0.05) is 6.20 Å². The van der Waals surface area contributed by atoms with E-state index in [4.69, 9.17) is 0 Å². The van der Waals surface area contributed by atoms with Gasteiger partial charge in [0.25, 0.3) is 0 Å². The standard InChI is InChI=1S/C17H19N3O/c21-17(19-12-14-8-3-4-11-18-14)20-16-10-5-7-13-6-1-2-9-15(13)16/h1-4,6,8-9,11,16H,5,7,10,12H2,(H2,19,20,21). The molecule has 1 atom stereocenters. The monoisotopic (exact) mass is 281 g/mol. The average Bonchev–Trinajstić information content (AvgIpc) is 2.54. The summed E-state index contributed by atoms with van der Waals surface area (Å²) in [5.41, 5.74) is 3.45. The van der Waals surface area contributed by atoms with Gasteiger partial charge in [-0.25, -0.2) is 4.79 Å². The first-order valence-corrected chi connectivity index (χ1v) is 7.35. The van der Waals surface area contributed by atoms with Crippen molar-refractivity contribution in [3.05, 3.63) is 65.5 Å². The van der Waals surface area contributed by atoms with Crippen molar-refractivity contribution in [3.63, 3.8) is 0 Å². The van der Waals surface area contributed by atoms with Crippen LogP contribution in [-0.4, -0.2) is 11.0 Å². The number of aromatic nitrogens is 1. The van der Waals surface area contributed by atoms with Gasteiger partial charge in [-0.3, -0.25) is 4.98 Å². The molecule has 1 unspecified atom stereocenters. The molecule has 0 fully saturated rings. The van der Waals surface area contributed by atoms with Crippen molar-refractivity contribution in [2.45, 2.75) is 31.8 Å². The van der Waals surface area contributed by atoms with E-state index in [1.165, 1.54) is 11.1 Å². The highest BCUT2D eigenvalue weighted by atomic mass is 16.2. The number of carbonyl (C=O) groups is 1. The fourth-order valence-electron chi connectivity index (χ4n) is 2.79. The van der Waals surface area contributed by atoms with Crippen LogP contribution in [0.15, 0.2) is 48.7 Å². The summed E-state index contributed by atoms with van der Waals surface area (Å²) < 4.78 is 0. The second-order valence-corrected chi connectivity index (χ2v) is 5.29. The maximum atomic E-state index is 12.0. The minimum absolute atomic E-state index is 0.110. The van der Waals surface area contributed by atoms with Crippen LogP contribution < -0.4 is 10.6 Å². The fraction of sp³-hybridized carbons (Fsp3) is 0.294. The first-order chi connectivity index (χ1) is 10.3. The minimum atomic E-state index is -0.137. The molecule has 0 saturated heterocycles. The van der Waals surface area contributed by atoms with Crippen LogP contribution in [0.2, 0.25) is 0 Å². The van der Waals surface area contributed by atoms with Gasteiger partial charge >= 0.3 is 6.03 Å². The summed E-state index contributed by atoms with van der Waals surface area (Å²) in [5.74, 6) is 0. The van der Waals surface area contributed by atoms with E-state index in [9.17, 15) is 4.79 Å². The smallest absolute Gasteiger partial charge is 0.315 e. The summed E-state index contributed by atoms with van der Waals surface area (Å²) in [7, 11) is 0. The molecule has 0 bridgehead atoms. The summed E-state index contributed by atoms with van der Waals surface area (Å²) in [4.78, 5) is 16.2. The first kappa shape index (κ1) is 13.6. The Labute approximate surface area is 124 Å². The van der Waals surface area contributed by atoms with Crippen molar-refractivity contribution in [2.75, 3.05) is 0 Å². The van der Waals surface area contributed by atoms with Crippen LogP contribution in [0, 0.1) is 0 Å². The van der Waals surface area contributed by atoms with Crippen LogP contribution >= 0.6 is 0 Å². The molecule has 2 N–H and O–H groups in total. The molecular formula is C17H19N3O. The zero-order chi connectivity index (χ0) is 14.5. The maximum Gasteiger partial charge on any atom is 0.315 e. The third kappa shape index (κ3) is 3.40. The zero-order valence-electron chi connectivity index (χ0n) is 11.9. The molecule has 0 radical (unpaired) electrons. The van der Waals surface area contributed by atoms with E-state index in [1.54, 1.807) is 6.20 Å². The van der Waals surface area contributed by atoms with Crippen molar-refractivity contribution < 1.29 is 4.79 Å². The Kier molecular flexibility index (Phi) is 4.15.